The average Bonchev–Trinajstić information content (AvgIpc) is 1.85. The molecular weight excluding hydrogens is 164 g/mol. The lowest BCUT2D eigenvalue weighted by Crippen LogP contribution is -2.10. The lowest BCUT2D eigenvalue weighted by molar-refractivity contribution is -0.783. The van der Waals surface area contributed by atoms with Crippen LogP contribution in [0.3, 0.4) is 0 Å². The number of nitrogens with zero attached hydrogens (tertiary/aromatic N) is 2. The van der Waals surface area contributed by atoms with E-state index in [1.54, 1.807) is 0 Å². The predicted molar refractivity (Wildman–Crippen MR) is 27.0 cm³/mol. The summed E-state index contributed by atoms with van der Waals surface area (Å²) >= 11 is 0. The maximum atomic E-state index is 9.42. The van der Waals surface area contributed by atoms with Gasteiger partial charge in [-0.2, -0.15) is 0 Å². The van der Waals surface area contributed by atoms with E-state index in [0.29, 0.717) is 0 Å². The number of hydrogen-bond acceptors (Lipinski definition) is 7. The smallest absolute Gasteiger partial charge is 0.296 e. The van der Waals surface area contributed by atoms with Crippen LogP contribution in [-0.4, -0.2) is 23.8 Å². The Bertz CT molecular complexity index is 129. The molecule has 0 aromatic rings. The second-order valence-electron chi connectivity index (χ2n) is 1.15. The van der Waals surface area contributed by atoms with E-state index in [2.05, 4.69) is 14.4 Å². The van der Waals surface area contributed by atoms with Crippen molar-refractivity contribution in [2.24, 2.45) is 0 Å². The highest BCUT2D eigenvalue weighted by Crippen LogP contribution is 1.80. The summed E-state index contributed by atoms with van der Waals surface area (Å²) in [4.78, 5) is 26.1. The van der Waals surface area contributed by atoms with Crippen LogP contribution in [0.5, 0.6) is 0 Å². The van der Waals surface area contributed by atoms with Crippen molar-refractivity contribution in [2.45, 2.75) is 0 Å². The Labute approximate surface area is 59.7 Å². The van der Waals surface area contributed by atoms with Crippen LogP contribution in [0.25, 0.3) is 0 Å². The first-order valence-electron chi connectivity index (χ1n) is 2.25. The molecule has 0 aromatic carbocycles. The molecule has 0 rings (SSSR count). The molecular formula is C2H4N2O7. The van der Waals surface area contributed by atoms with Crippen molar-refractivity contribution in [1.82, 2.24) is 0 Å². The third-order valence-electron chi connectivity index (χ3n) is 0.483. The number of hydrogen-bond donors (Lipinski definition) is 0. The van der Waals surface area contributed by atoms with Crippen LogP contribution in [-0.2, 0) is 14.4 Å². The fourth-order valence-electron chi connectivity index (χ4n) is 0.195. The molecule has 0 aliphatic carbocycles. The third kappa shape index (κ3) is 8.36. The minimum Gasteiger partial charge on any atom is -0.328 e. The van der Waals surface area contributed by atoms with E-state index in [-0.39, 0.29) is 0 Å². The molecule has 0 aliphatic heterocycles. The van der Waals surface area contributed by atoms with E-state index >= 15 is 0 Å². The second kappa shape index (κ2) is 5.17. The highest BCUT2D eigenvalue weighted by molar-refractivity contribution is 3.96. The van der Waals surface area contributed by atoms with Crippen molar-refractivity contribution in [2.75, 3.05) is 13.6 Å². The summed E-state index contributed by atoms with van der Waals surface area (Å²) < 4.78 is 4.13. The first kappa shape index (κ1) is 9.36. The standard InChI is InChI=1S/C2H4N2O7/c5-3(6)10-1-9-2-11-4(7)8/h1-2H2. The molecule has 0 heterocycles. The maximum Gasteiger partial charge on any atom is 0.296 e. The number of rotatable bonds is 6. The molecule has 0 fully saturated rings. The van der Waals surface area contributed by atoms with Gasteiger partial charge in [0, 0.05) is 0 Å². The van der Waals surface area contributed by atoms with Crippen LogP contribution < -0.4 is 0 Å². The van der Waals surface area contributed by atoms with Gasteiger partial charge in [0.05, 0.1) is 0 Å². The zero-order chi connectivity index (χ0) is 8.69. The molecule has 9 heteroatoms. The molecule has 0 amide bonds. The van der Waals surface area contributed by atoms with E-state index in [1.807, 2.05) is 0 Å². The molecule has 0 unspecified atom stereocenters. The summed E-state index contributed by atoms with van der Waals surface area (Å²) in [6.45, 7) is -1.39. The molecule has 0 saturated carbocycles. The maximum absolute atomic E-state index is 9.42. The normalized spacial score (nSPS) is 8.73. The Morgan fingerprint density at radius 2 is 1.36 bits per heavy atom. The van der Waals surface area contributed by atoms with Gasteiger partial charge in [-0.05, 0) is 0 Å². The van der Waals surface area contributed by atoms with Gasteiger partial charge in [0.25, 0.3) is 10.2 Å². The SMILES string of the molecule is O=[N+]([O-])OCOCO[N+](=O)[O-]. The van der Waals surface area contributed by atoms with E-state index in [9.17, 15) is 20.2 Å². The summed E-state index contributed by atoms with van der Waals surface area (Å²) in [5.41, 5.74) is 0. The molecule has 0 aliphatic rings. The monoisotopic (exact) mass is 168 g/mol. The summed E-state index contributed by atoms with van der Waals surface area (Å²) in [5.74, 6) is 0. The predicted octanol–water partition coefficient (Wildman–Crippen LogP) is -0.665. The molecule has 11 heavy (non-hydrogen) atoms. The summed E-state index contributed by atoms with van der Waals surface area (Å²) in [6.07, 6.45) is 0. The quantitative estimate of drug-likeness (QED) is 0.223. The van der Waals surface area contributed by atoms with Crippen molar-refractivity contribution in [3.05, 3.63) is 20.2 Å². The van der Waals surface area contributed by atoms with Crippen molar-refractivity contribution in [3.8, 4) is 0 Å². The summed E-state index contributed by atoms with van der Waals surface area (Å²) in [6, 6.07) is 0. The zero-order valence-corrected chi connectivity index (χ0v) is 5.17. The van der Waals surface area contributed by atoms with Crippen LogP contribution in [0.1, 0.15) is 0 Å². The minimum atomic E-state index is -1.09. The fraction of sp³-hybridized carbons (Fsp3) is 1.00. The highest BCUT2D eigenvalue weighted by atomic mass is 17.0. The Balaban J connectivity index is 3.03. The van der Waals surface area contributed by atoms with Crippen molar-refractivity contribution in [3.63, 3.8) is 0 Å². The van der Waals surface area contributed by atoms with Gasteiger partial charge in [-0.1, -0.05) is 0 Å². The molecule has 9 nitrogen and oxygen atoms in total. The van der Waals surface area contributed by atoms with Crippen molar-refractivity contribution in [1.29, 1.82) is 0 Å². The molecule has 0 aromatic heterocycles. The van der Waals surface area contributed by atoms with Crippen molar-refractivity contribution < 1.29 is 24.6 Å². The van der Waals surface area contributed by atoms with Gasteiger partial charge in [-0.15, -0.1) is 20.2 Å². The Hall–Kier alpha value is -1.64. The zero-order valence-electron chi connectivity index (χ0n) is 5.17. The lowest BCUT2D eigenvalue weighted by Gasteiger charge is -1.98. The second-order valence-corrected chi connectivity index (χ2v) is 1.15. The molecule has 0 saturated heterocycles. The van der Waals surface area contributed by atoms with Crippen LogP contribution in [0.15, 0.2) is 0 Å². The molecule has 0 radical (unpaired) electrons. The fourth-order valence-corrected chi connectivity index (χ4v) is 0.195. The van der Waals surface area contributed by atoms with E-state index in [0.717, 1.165) is 0 Å². The average molecular weight is 168 g/mol. The van der Waals surface area contributed by atoms with Crippen LogP contribution in [0.4, 0.5) is 0 Å². The minimum absolute atomic E-state index is 0.694. The van der Waals surface area contributed by atoms with Gasteiger partial charge >= 0.3 is 0 Å². The van der Waals surface area contributed by atoms with Crippen molar-refractivity contribution >= 4 is 0 Å². The molecule has 0 atom stereocenters. The van der Waals surface area contributed by atoms with Gasteiger partial charge in [0.1, 0.15) is 0 Å². The van der Waals surface area contributed by atoms with Gasteiger partial charge < -0.3 is 4.74 Å². The Morgan fingerprint density at radius 3 is 1.64 bits per heavy atom. The van der Waals surface area contributed by atoms with Crippen LogP contribution in [0.2, 0.25) is 0 Å². The Kier molecular flexibility index (Phi) is 4.40. The molecule has 0 bridgehead atoms. The molecule has 64 valence electrons. The van der Waals surface area contributed by atoms with Crippen LogP contribution >= 0.6 is 0 Å². The van der Waals surface area contributed by atoms with Crippen LogP contribution in [0, 0.1) is 20.2 Å². The van der Waals surface area contributed by atoms with Gasteiger partial charge in [0.2, 0.25) is 0 Å². The third-order valence-corrected chi connectivity index (χ3v) is 0.483. The molecule has 0 N–H and O–H groups in total. The van der Waals surface area contributed by atoms with Gasteiger partial charge in [0.15, 0.2) is 13.6 Å². The van der Waals surface area contributed by atoms with E-state index < -0.39 is 23.8 Å². The van der Waals surface area contributed by atoms with Gasteiger partial charge in [-0.25, -0.2) is 0 Å². The van der Waals surface area contributed by atoms with Gasteiger partial charge in [-0.3, -0.25) is 9.68 Å². The largest absolute Gasteiger partial charge is 0.328 e. The van der Waals surface area contributed by atoms with E-state index in [1.165, 1.54) is 0 Å². The van der Waals surface area contributed by atoms with E-state index in [4.69, 9.17) is 0 Å². The first-order chi connectivity index (χ1) is 5.13. The summed E-state index contributed by atoms with van der Waals surface area (Å²) in [5, 5.41) is 16.7. The summed E-state index contributed by atoms with van der Waals surface area (Å²) in [7, 11) is 0. The lowest BCUT2D eigenvalue weighted by atomic mass is 11.3. The first-order valence-corrected chi connectivity index (χ1v) is 2.25. The number of ether oxygens (including phenoxy) is 1. The topological polar surface area (TPSA) is 114 Å². The Morgan fingerprint density at radius 1 is 1.00 bits per heavy atom. The highest BCUT2D eigenvalue weighted by Gasteiger charge is 1.95. The molecule has 0 spiro atoms.